The molecular formula is C16H20N2O3. The molecule has 5 heteroatoms. The monoisotopic (exact) mass is 288 g/mol. The molecule has 0 aromatic carbocycles. The van der Waals surface area contributed by atoms with Crippen LogP contribution in [0.25, 0.3) is 6.08 Å². The zero-order valence-electron chi connectivity index (χ0n) is 12.3. The summed E-state index contributed by atoms with van der Waals surface area (Å²) in [5.41, 5.74) is 1.05. The predicted octanol–water partition coefficient (Wildman–Crippen LogP) is 2.44. The van der Waals surface area contributed by atoms with Crippen LogP contribution in [0, 0.1) is 5.92 Å². The maximum Gasteiger partial charge on any atom is 0.328 e. The van der Waals surface area contributed by atoms with Crippen molar-refractivity contribution in [2.24, 2.45) is 5.92 Å². The molecule has 1 unspecified atom stereocenters. The number of aromatic nitrogens is 1. The molecule has 1 saturated heterocycles. The van der Waals surface area contributed by atoms with Gasteiger partial charge in [0.15, 0.2) is 0 Å². The number of hydrogen-bond acceptors (Lipinski definition) is 3. The first-order valence-corrected chi connectivity index (χ1v) is 7.16. The largest absolute Gasteiger partial charge is 0.478 e. The fourth-order valence-electron chi connectivity index (χ4n) is 2.79. The topological polar surface area (TPSA) is 70.5 Å². The Bertz CT molecular complexity index is 566. The van der Waals surface area contributed by atoms with Crippen LogP contribution < -0.4 is 0 Å². The molecule has 2 rings (SSSR count). The van der Waals surface area contributed by atoms with Crippen LogP contribution in [0.2, 0.25) is 0 Å². The first-order valence-electron chi connectivity index (χ1n) is 7.16. The molecule has 0 aliphatic carbocycles. The Kier molecular flexibility index (Phi) is 4.73. The standard InChI is InChI=1S/C16H20N2O3/c1-11(2)14-4-3-9-18(14)16(21)13-7-8-17-10-12(13)5-6-15(19)20/h5-8,10-11,14H,3-4,9H2,1-2H3,(H,19,20). The van der Waals surface area contributed by atoms with Crippen molar-refractivity contribution in [3.8, 4) is 0 Å². The molecule has 0 saturated carbocycles. The second-order valence-corrected chi connectivity index (χ2v) is 5.59. The molecule has 0 spiro atoms. The molecule has 1 fully saturated rings. The van der Waals surface area contributed by atoms with Crippen LogP contribution >= 0.6 is 0 Å². The van der Waals surface area contributed by atoms with Gasteiger partial charge in [-0.3, -0.25) is 9.78 Å². The summed E-state index contributed by atoms with van der Waals surface area (Å²) in [7, 11) is 0. The number of carbonyl (C=O) groups is 2. The van der Waals surface area contributed by atoms with Crippen molar-refractivity contribution in [3.63, 3.8) is 0 Å². The maximum absolute atomic E-state index is 12.7. The molecule has 1 N–H and O–H groups in total. The highest BCUT2D eigenvalue weighted by Gasteiger charge is 2.31. The summed E-state index contributed by atoms with van der Waals surface area (Å²) in [5.74, 6) is -0.673. The molecule has 1 atom stereocenters. The summed E-state index contributed by atoms with van der Waals surface area (Å²) in [4.78, 5) is 29.3. The van der Waals surface area contributed by atoms with Gasteiger partial charge in [0.1, 0.15) is 0 Å². The molecule has 21 heavy (non-hydrogen) atoms. The Balaban J connectivity index is 2.29. The first-order chi connectivity index (χ1) is 10.0. The highest BCUT2D eigenvalue weighted by atomic mass is 16.4. The van der Waals surface area contributed by atoms with E-state index in [9.17, 15) is 9.59 Å². The summed E-state index contributed by atoms with van der Waals surface area (Å²) in [6.45, 7) is 4.99. The minimum atomic E-state index is -1.04. The van der Waals surface area contributed by atoms with Crippen molar-refractivity contribution in [1.29, 1.82) is 0 Å². The summed E-state index contributed by atoms with van der Waals surface area (Å²) in [5, 5.41) is 8.73. The van der Waals surface area contributed by atoms with Crippen molar-refractivity contribution in [2.75, 3.05) is 6.54 Å². The van der Waals surface area contributed by atoms with Crippen LogP contribution in [0.1, 0.15) is 42.6 Å². The number of aliphatic carboxylic acids is 1. The van der Waals surface area contributed by atoms with Gasteiger partial charge in [0.05, 0.1) is 0 Å². The van der Waals surface area contributed by atoms with E-state index >= 15 is 0 Å². The van der Waals surface area contributed by atoms with E-state index in [4.69, 9.17) is 5.11 Å². The summed E-state index contributed by atoms with van der Waals surface area (Å²) < 4.78 is 0. The molecule has 1 aliphatic rings. The van der Waals surface area contributed by atoms with Gasteiger partial charge in [-0.2, -0.15) is 0 Å². The van der Waals surface area contributed by atoms with Crippen LogP contribution in [0.3, 0.4) is 0 Å². The molecule has 1 aromatic heterocycles. The Hall–Kier alpha value is -2.17. The van der Waals surface area contributed by atoms with Crippen LogP contribution in [0.15, 0.2) is 24.5 Å². The van der Waals surface area contributed by atoms with Crippen molar-refractivity contribution >= 4 is 18.0 Å². The van der Waals surface area contributed by atoms with Gasteiger partial charge in [-0.15, -0.1) is 0 Å². The van der Waals surface area contributed by atoms with Crippen LogP contribution in [-0.4, -0.2) is 39.5 Å². The zero-order valence-corrected chi connectivity index (χ0v) is 12.3. The molecule has 5 nitrogen and oxygen atoms in total. The Morgan fingerprint density at radius 2 is 2.24 bits per heavy atom. The van der Waals surface area contributed by atoms with Gasteiger partial charge in [0.2, 0.25) is 0 Å². The van der Waals surface area contributed by atoms with E-state index in [-0.39, 0.29) is 11.9 Å². The van der Waals surface area contributed by atoms with E-state index in [0.717, 1.165) is 25.5 Å². The van der Waals surface area contributed by atoms with Crippen LogP contribution in [0.4, 0.5) is 0 Å². The first kappa shape index (κ1) is 15.2. The normalized spacial score (nSPS) is 18.6. The van der Waals surface area contributed by atoms with E-state index in [2.05, 4.69) is 18.8 Å². The van der Waals surface area contributed by atoms with Gasteiger partial charge >= 0.3 is 5.97 Å². The van der Waals surface area contributed by atoms with Crippen molar-refractivity contribution in [1.82, 2.24) is 9.88 Å². The molecular weight excluding hydrogens is 268 g/mol. The molecule has 0 radical (unpaired) electrons. The average molecular weight is 288 g/mol. The minimum Gasteiger partial charge on any atom is -0.478 e. The number of pyridine rings is 1. The number of hydrogen-bond donors (Lipinski definition) is 1. The zero-order chi connectivity index (χ0) is 15.4. The fourth-order valence-corrected chi connectivity index (χ4v) is 2.79. The number of carboxylic acids is 1. The molecule has 1 aromatic rings. The third-order valence-electron chi connectivity index (χ3n) is 3.82. The lowest BCUT2D eigenvalue weighted by atomic mass is 10.0. The predicted molar refractivity (Wildman–Crippen MR) is 79.8 cm³/mol. The number of amides is 1. The molecule has 1 aliphatic heterocycles. The smallest absolute Gasteiger partial charge is 0.328 e. The van der Waals surface area contributed by atoms with Gasteiger partial charge in [0, 0.05) is 42.2 Å². The summed E-state index contributed by atoms with van der Waals surface area (Å²) in [6, 6.07) is 1.90. The van der Waals surface area contributed by atoms with E-state index in [1.54, 1.807) is 12.3 Å². The van der Waals surface area contributed by atoms with Crippen molar-refractivity contribution in [3.05, 3.63) is 35.7 Å². The van der Waals surface area contributed by atoms with Gasteiger partial charge in [0.25, 0.3) is 5.91 Å². The third-order valence-corrected chi connectivity index (χ3v) is 3.82. The average Bonchev–Trinajstić information content (AvgIpc) is 2.94. The SMILES string of the molecule is CC(C)C1CCCN1C(=O)c1ccncc1C=CC(=O)O. The van der Waals surface area contributed by atoms with Gasteiger partial charge in [-0.05, 0) is 30.9 Å². The van der Waals surface area contributed by atoms with Crippen LogP contribution in [-0.2, 0) is 4.79 Å². The highest BCUT2D eigenvalue weighted by Crippen LogP contribution is 2.26. The van der Waals surface area contributed by atoms with E-state index in [1.807, 2.05) is 4.90 Å². The second-order valence-electron chi connectivity index (χ2n) is 5.59. The Labute approximate surface area is 124 Å². The maximum atomic E-state index is 12.7. The summed E-state index contributed by atoms with van der Waals surface area (Å²) >= 11 is 0. The second kappa shape index (κ2) is 6.52. The number of carboxylic acid groups (broad SMARTS) is 1. The van der Waals surface area contributed by atoms with Gasteiger partial charge in [-0.25, -0.2) is 4.79 Å². The van der Waals surface area contributed by atoms with E-state index in [1.165, 1.54) is 12.3 Å². The van der Waals surface area contributed by atoms with Crippen molar-refractivity contribution in [2.45, 2.75) is 32.7 Å². The van der Waals surface area contributed by atoms with E-state index < -0.39 is 5.97 Å². The Morgan fingerprint density at radius 3 is 2.90 bits per heavy atom. The van der Waals surface area contributed by atoms with Gasteiger partial charge in [-0.1, -0.05) is 13.8 Å². The number of nitrogens with zero attached hydrogens (tertiary/aromatic N) is 2. The van der Waals surface area contributed by atoms with E-state index in [0.29, 0.717) is 17.0 Å². The van der Waals surface area contributed by atoms with Gasteiger partial charge < -0.3 is 10.0 Å². The highest BCUT2D eigenvalue weighted by molar-refractivity contribution is 5.99. The quantitative estimate of drug-likeness (QED) is 0.864. The van der Waals surface area contributed by atoms with Crippen LogP contribution in [0.5, 0.6) is 0 Å². The number of rotatable bonds is 4. The molecule has 1 amide bonds. The molecule has 112 valence electrons. The lowest BCUT2D eigenvalue weighted by molar-refractivity contribution is -0.131. The lowest BCUT2D eigenvalue weighted by Crippen LogP contribution is -2.38. The molecule has 2 heterocycles. The fraction of sp³-hybridized carbons (Fsp3) is 0.438. The lowest BCUT2D eigenvalue weighted by Gasteiger charge is -2.28. The van der Waals surface area contributed by atoms with Crippen molar-refractivity contribution < 1.29 is 14.7 Å². The summed E-state index contributed by atoms with van der Waals surface area (Å²) in [6.07, 6.45) is 7.56. The third kappa shape index (κ3) is 3.48. The number of carbonyl (C=O) groups excluding carboxylic acids is 1. The Morgan fingerprint density at radius 1 is 1.48 bits per heavy atom. The number of likely N-dealkylation sites (tertiary alicyclic amines) is 1. The molecule has 0 bridgehead atoms. The minimum absolute atomic E-state index is 0.0429.